The van der Waals surface area contributed by atoms with Crippen LogP contribution < -0.4 is 14.8 Å². The van der Waals surface area contributed by atoms with Crippen LogP contribution in [-0.4, -0.2) is 30.3 Å². The molecule has 0 aliphatic carbocycles. The smallest absolute Gasteiger partial charge is 0.256 e. The lowest BCUT2D eigenvalue weighted by Crippen LogP contribution is -2.03. The van der Waals surface area contributed by atoms with E-state index in [0.717, 1.165) is 31.4 Å². The number of aromatic amines is 1. The minimum Gasteiger partial charge on any atom is -0.497 e. The van der Waals surface area contributed by atoms with Crippen LogP contribution in [0.2, 0.25) is 0 Å². The molecule has 3 aromatic rings. The van der Waals surface area contributed by atoms with E-state index in [4.69, 9.17) is 9.47 Å². The number of benzene rings is 2. The molecule has 126 valence electrons. The van der Waals surface area contributed by atoms with Gasteiger partial charge in [0.1, 0.15) is 15.2 Å². The van der Waals surface area contributed by atoms with E-state index in [1.165, 1.54) is 0 Å². The van der Waals surface area contributed by atoms with Crippen LogP contribution in [0, 0.1) is 3.70 Å². The molecule has 4 rings (SSSR count). The number of amides is 1. The number of aromatic nitrogens is 2. The summed E-state index contributed by atoms with van der Waals surface area (Å²) in [6.45, 7) is 0. The molecular formula is C18H14IN3O3. The maximum absolute atomic E-state index is 12.4. The molecule has 0 spiro atoms. The van der Waals surface area contributed by atoms with Crippen LogP contribution in [0.15, 0.2) is 30.3 Å². The second-order valence-electron chi connectivity index (χ2n) is 5.58. The van der Waals surface area contributed by atoms with Gasteiger partial charge in [-0.05, 0) is 64.6 Å². The Morgan fingerprint density at radius 3 is 2.76 bits per heavy atom. The Hall–Kier alpha value is -2.55. The van der Waals surface area contributed by atoms with Gasteiger partial charge in [0.05, 0.1) is 25.1 Å². The Labute approximate surface area is 157 Å². The molecule has 0 saturated heterocycles. The summed E-state index contributed by atoms with van der Waals surface area (Å²) in [7, 11) is 3.23. The van der Waals surface area contributed by atoms with E-state index in [2.05, 4.69) is 38.1 Å². The lowest BCUT2D eigenvalue weighted by molar-refractivity contribution is -0.110. The molecule has 0 atom stereocenters. The molecule has 2 aromatic carbocycles. The van der Waals surface area contributed by atoms with Crippen molar-refractivity contribution in [3.05, 3.63) is 45.2 Å². The van der Waals surface area contributed by atoms with Gasteiger partial charge in [-0.3, -0.25) is 9.89 Å². The molecule has 1 aliphatic heterocycles. The van der Waals surface area contributed by atoms with E-state index in [0.29, 0.717) is 17.1 Å². The van der Waals surface area contributed by atoms with Gasteiger partial charge in [-0.2, -0.15) is 5.10 Å². The number of nitrogens with one attached hydrogen (secondary N) is 2. The molecule has 6 nitrogen and oxygen atoms in total. The van der Waals surface area contributed by atoms with Crippen LogP contribution in [-0.2, 0) is 4.79 Å². The molecule has 0 radical (unpaired) electrons. The fourth-order valence-corrected chi connectivity index (χ4v) is 3.63. The van der Waals surface area contributed by atoms with Crippen molar-refractivity contribution in [1.82, 2.24) is 10.2 Å². The van der Waals surface area contributed by atoms with Crippen LogP contribution in [0.1, 0.15) is 11.1 Å². The van der Waals surface area contributed by atoms with Gasteiger partial charge < -0.3 is 14.8 Å². The number of methoxy groups -OCH3 is 2. The molecule has 0 unspecified atom stereocenters. The van der Waals surface area contributed by atoms with E-state index in [1.807, 2.05) is 36.4 Å². The highest BCUT2D eigenvalue weighted by Crippen LogP contribution is 2.37. The van der Waals surface area contributed by atoms with Crippen LogP contribution in [0.3, 0.4) is 0 Å². The summed E-state index contributed by atoms with van der Waals surface area (Å²) in [6.07, 6.45) is 1.84. The Morgan fingerprint density at radius 1 is 1.16 bits per heavy atom. The molecule has 2 N–H and O–H groups in total. The molecule has 0 saturated carbocycles. The standard InChI is InChI=1S/C18H14IN3O3/c1-24-10-3-4-13-11(8-10)12(18(23)20-13)5-9-6-14-16(15(7-9)25-2)17(19)22-21-14/h3-8H,1-2H3,(H,20,23)(H,21,22). The second-order valence-corrected chi connectivity index (χ2v) is 6.61. The van der Waals surface area contributed by atoms with E-state index >= 15 is 0 Å². The van der Waals surface area contributed by atoms with Crippen LogP contribution in [0.4, 0.5) is 5.69 Å². The molecule has 1 amide bonds. The number of carbonyl (C=O) groups excluding carboxylic acids is 1. The molecule has 1 aromatic heterocycles. The van der Waals surface area contributed by atoms with Crippen molar-refractivity contribution in [1.29, 1.82) is 0 Å². The maximum Gasteiger partial charge on any atom is 0.256 e. The third-order valence-electron chi connectivity index (χ3n) is 4.15. The first kappa shape index (κ1) is 15.9. The predicted octanol–water partition coefficient (Wildman–Crippen LogP) is 3.68. The quantitative estimate of drug-likeness (QED) is 0.475. The number of hydrogen-bond donors (Lipinski definition) is 2. The Morgan fingerprint density at radius 2 is 2.00 bits per heavy atom. The van der Waals surface area contributed by atoms with Crippen LogP contribution in [0.5, 0.6) is 11.5 Å². The van der Waals surface area contributed by atoms with Crippen molar-refractivity contribution >= 4 is 56.7 Å². The summed E-state index contributed by atoms with van der Waals surface area (Å²) in [6, 6.07) is 9.37. The van der Waals surface area contributed by atoms with E-state index in [1.54, 1.807) is 14.2 Å². The Bertz CT molecular complexity index is 1040. The van der Waals surface area contributed by atoms with Crippen LogP contribution in [0.25, 0.3) is 22.6 Å². The summed E-state index contributed by atoms with van der Waals surface area (Å²) in [4.78, 5) is 12.4. The SMILES string of the molecule is COc1ccc2c(c1)C(=Cc1cc(OC)c3c(I)n[nH]c3c1)C(=O)N2. The molecule has 0 bridgehead atoms. The third-order valence-corrected chi connectivity index (χ3v) is 4.93. The highest BCUT2D eigenvalue weighted by atomic mass is 127. The van der Waals surface area contributed by atoms with Crippen molar-refractivity contribution in [2.75, 3.05) is 19.5 Å². The lowest BCUT2D eigenvalue weighted by atomic mass is 10.0. The summed E-state index contributed by atoms with van der Waals surface area (Å²) < 4.78 is 11.6. The number of anilines is 1. The largest absolute Gasteiger partial charge is 0.497 e. The number of fused-ring (bicyclic) bond motifs is 2. The number of ether oxygens (including phenoxy) is 2. The minimum atomic E-state index is -0.137. The van der Waals surface area contributed by atoms with Crippen LogP contribution >= 0.6 is 22.6 Å². The number of nitrogens with zero attached hydrogens (tertiary/aromatic N) is 1. The van der Waals surface area contributed by atoms with Gasteiger partial charge in [-0.25, -0.2) is 0 Å². The number of hydrogen-bond acceptors (Lipinski definition) is 4. The Kier molecular flexibility index (Phi) is 3.87. The highest BCUT2D eigenvalue weighted by Gasteiger charge is 2.24. The molecule has 25 heavy (non-hydrogen) atoms. The number of carbonyl (C=O) groups is 1. The van der Waals surface area contributed by atoms with Crippen molar-refractivity contribution in [2.45, 2.75) is 0 Å². The maximum atomic E-state index is 12.4. The lowest BCUT2D eigenvalue weighted by Gasteiger charge is -2.05. The van der Waals surface area contributed by atoms with Gasteiger partial charge in [-0.1, -0.05) is 0 Å². The van der Waals surface area contributed by atoms with Gasteiger partial charge in [0, 0.05) is 16.8 Å². The monoisotopic (exact) mass is 447 g/mol. The summed E-state index contributed by atoms with van der Waals surface area (Å²) in [5.41, 5.74) is 3.90. The first-order valence-electron chi connectivity index (χ1n) is 7.54. The summed E-state index contributed by atoms with van der Waals surface area (Å²) >= 11 is 2.16. The average molecular weight is 447 g/mol. The molecule has 7 heteroatoms. The zero-order chi connectivity index (χ0) is 17.6. The molecular weight excluding hydrogens is 433 g/mol. The predicted molar refractivity (Wildman–Crippen MR) is 105 cm³/mol. The van der Waals surface area contributed by atoms with Gasteiger partial charge >= 0.3 is 0 Å². The average Bonchev–Trinajstić information content (AvgIpc) is 3.14. The fraction of sp³-hybridized carbons (Fsp3) is 0.111. The Balaban J connectivity index is 1.87. The number of rotatable bonds is 3. The first-order chi connectivity index (χ1) is 12.1. The van der Waals surface area contributed by atoms with Crippen molar-refractivity contribution < 1.29 is 14.3 Å². The summed E-state index contributed by atoms with van der Waals surface area (Å²) in [5, 5.41) is 11.0. The second kappa shape index (κ2) is 6.07. The first-order valence-corrected chi connectivity index (χ1v) is 8.61. The van der Waals surface area contributed by atoms with E-state index in [9.17, 15) is 4.79 Å². The number of halogens is 1. The van der Waals surface area contributed by atoms with Gasteiger partial charge in [-0.15, -0.1) is 0 Å². The van der Waals surface area contributed by atoms with Gasteiger partial charge in [0.25, 0.3) is 5.91 Å². The van der Waals surface area contributed by atoms with Gasteiger partial charge in [0.2, 0.25) is 0 Å². The van der Waals surface area contributed by atoms with E-state index in [-0.39, 0.29) is 5.91 Å². The normalized spacial score (nSPS) is 14.7. The molecule has 0 fully saturated rings. The minimum absolute atomic E-state index is 0.137. The molecule has 1 aliphatic rings. The van der Waals surface area contributed by atoms with Crippen molar-refractivity contribution in [3.63, 3.8) is 0 Å². The topological polar surface area (TPSA) is 76.2 Å². The zero-order valence-corrected chi connectivity index (χ0v) is 15.7. The summed E-state index contributed by atoms with van der Waals surface area (Å²) in [5.74, 6) is 1.28. The zero-order valence-electron chi connectivity index (χ0n) is 13.5. The number of H-pyrrole nitrogens is 1. The fourth-order valence-electron chi connectivity index (χ4n) is 2.95. The molecule has 2 heterocycles. The third kappa shape index (κ3) is 2.64. The van der Waals surface area contributed by atoms with Crippen molar-refractivity contribution in [2.24, 2.45) is 0 Å². The highest BCUT2D eigenvalue weighted by molar-refractivity contribution is 14.1. The van der Waals surface area contributed by atoms with E-state index < -0.39 is 0 Å². The van der Waals surface area contributed by atoms with Crippen molar-refractivity contribution in [3.8, 4) is 11.5 Å². The van der Waals surface area contributed by atoms with Gasteiger partial charge in [0.15, 0.2) is 0 Å².